The summed E-state index contributed by atoms with van der Waals surface area (Å²) in [6, 6.07) is 28.1. The average Bonchev–Trinajstić information content (AvgIpc) is 3.71. The van der Waals surface area contributed by atoms with E-state index in [0.717, 1.165) is 16.7 Å². The quantitative estimate of drug-likeness (QED) is 0.176. The van der Waals surface area contributed by atoms with Crippen LogP contribution in [0.1, 0.15) is 16.7 Å². The molecule has 2 heteroatoms. The fraction of sp³-hybridized carbons (Fsp3) is 0. The van der Waals surface area contributed by atoms with Crippen LogP contribution in [0.15, 0.2) is 91.0 Å². The van der Waals surface area contributed by atoms with E-state index in [2.05, 4.69) is 17.8 Å². The first-order valence-electron chi connectivity index (χ1n) is 10.6. The van der Waals surface area contributed by atoms with Crippen LogP contribution in [-0.2, 0) is 26.2 Å². The Morgan fingerprint density at radius 1 is 0.333 bits per heavy atom. The third-order valence-electron chi connectivity index (χ3n) is 3.87. The number of rotatable bonds is 0. The van der Waals surface area contributed by atoms with E-state index in [-0.39, 0.29) is 45.1 Å². The van der Waals surface area contributed by atoms with Crippen LogP contribution in [0.5, 0.6) is 0 Å². The molecule has 0 atom stereocenters. The first-order chi connectivity index (χ1) is 16.8. The Morgan fingerprint density at radius 3 is 0.611 bits per heavy atom. The molecule has 12 radical (unpaired) electrons. The van der Waals surface area contributed by atoms with Gasteiger partial charge in [0.25, 0.3) is 0 Å². The normalized spacial score (nSPS) is 11.9. The molecule has 0 unspecified atom stereocenters. The van der Waals surface area contributed by atoms with Crippen molar-refractivity contribution in [3.05, 3.63) is 191 Å². The fourth-order valence-electron chi connectivity index (χ4n) is 2.21. The van der Waals surface area contributed by atoms with E-state index in [9.17, 15) is 0 Å². The van der Waals surface area contributed by atoms with E-state index in [1.54, 1.807) is 0 Å². The predicted octanol–water partition coefficient (Wildman–Crippen LogP) is 6.53. The molecule has 0 nitrogen and oxygen atoms in total. The summed E-state index contributed by atoms with van der Waals surface area (Å²) >= 11 is 0. The summed E-state index contributed by atoms with van der Waals surface area (Å²) in [6.45, 7) is 0. The zero-order chi connectivity index (χ0) is 24.5. The Kier molecular flexibility index (Phi) is 27.4. The maximum atomic E-state index is 6.69. The standard InChI is InChI=1S/3C8H5.2C5H5.Li.Zr/c3*1-2-8-6-4-3-5-7-8;2*1-2-4-5-3-1;;/h3*3-7H;2*1-5H;;/q3*-1;;;;+3. The second-order valence-electron chi connectivity index (χ2n) is 6.40. The molecule has 5 rings (SSSR count). The maximum Gasteiger partial charge on any atom is 3.00 e. The molecule has 3 aromatic rings. The van der Waals surface area contributed by atoms with Crippen LogP contribution in [0.3, 0.4) is 0 Å². The zero-order valence-electron chi connectivity index (χ0n) is 20.4. The minimum Gasteiger partial charge on any atom is -0.366 e. The largest absolute Gasteiger partial charge is 3.00 e. The smallest absolute Gasteiger partial charge is 0.366 e. The Hall–Kier alpha value is -2.18. The molecule has 0 spiro atoms. The molecule has 0 heterocycles. The van der Waals surface area contributed by atoms with Gasteiger partial charge >= 0.3 is 26.2 Å². The van der Waals surface area contributed by atoms with Crippen molar-refractivity contribution in [2.45, 2.75) is 0 Å². The van der Waals surface area contributed by atoms with Crippen molar-refractivity contribution in [1.29, 1.82) is 0 Å². The van der Waals surface area contributed by atoms with Crippen LogP contribution < -0.4 is 0 Å². The van der Waals surface area contributed by atoms with E-state index in [1.807, 2.05) is 155 Å². The molecule has 0 aromatic heterocycles. The summed E-state index contributed by atoms with van der Waals surface area (Å²) < 4.78 is 0. The van der Waals surface area contributed by atoms with Gasteiger partial charge in [0.1, 0.15) is 0 Å². The van der Waals surface area contributed by atoms with Gasteiger partial charge in [-0.15, -0.1) is 53.1 Å². The van der Waals surface area contributed by atoms with Gasteiger partial charge in [0, 0.05) is 18.9 Å². The monoisotopic (exact) mass is 530 g/mol. The Labute approximate surface area is 252 Å². The predicted molar refractivity (Wildman–Crippen MR) is 147 cm³/mol. The SMILES string of the molecule is [C-]#Cc1ccccc1.[C-]#Cc1ccccc1.[C-]#Cc1ccccc1.[CH]1[CH][CH][CH][CH]1.[CH]1[CH][CH][CH][CH]1.[Li].[Zr+3]. The van der Waals surface area contributed by atoms with Crippen molar-refractivity contribution in [2.75, 3.05) is 0 Å². The zero-order valence-corrected chi connectivity index (χ0v) is 22.9. The number of benzene rings is 3. The van der Waals surface area contributed by atoms with Crippen molar-refractivity contribution >= 4 is 18.9 Å². The molecule has 0 amide bonds. The molecule has 3 aromatic carbocycles. The van der Waals surface area contributed by atoms with Crippen LogP contribution in [0.4, 0.5) is 0 Å². The summed E-state index contributed by atoms with van der Waals surface area (Å²) in [5.74, 6) is 6.83. The molecule has 0 bridgehead atoms. The first-order valence-corrected chi connectivity index (χ1v) is 10.6. The third-order valence-corrected chi connectivity index (χ3v) is 3.87. The molecular formula is C34H25LiZr. The Balaban J connectivity index is 0. The summed E-state index contributed by atoms with van der Waals surface area (Å²) in [4.78, 5) is 0. The van der Waals surface area contributed by atoms with Gasteiger partial charge in [-0.25, -0.2) is 0 Å². The van der Waals surface area contributed by atoms with E-state index >= 15 is 0 Å². The Bertz CT molecular complexity index is 826. The first kappa shape index (κ1) is 36.0. The molecule has 2 aliphatic rings. The van der Waals surface area contributed by atoms with Crippen molar-refractivity contribution in [3.8, 4) is 17.8 Å². The van der Waals surface area contributed by atoms with E-state index < -0.39 is 0 Å². The number of hydrogen-bond donors (Lipinski definition) is 0. The van der Waals surface area contributed by atoms with Crippen molar-refractivity contribution in [3.63, 3.8) is 0 Å². The maximum absolute atomic E-state index is 6.69. The second kappa shape index (κ2) is 27.4. The second-order valence-corrected chi connectivity index (χ2v) is 6.40. The summed E-state index contributed by atoms with van der Waals surface area (Å²) in [5.41, 5.74) is 2.48. The summed E-state index contributed by atoms with van der Waals surface area (Å²) in [6.07, 6.45) is 40.1. The minimum atomic E-state index is 0. The Morgan fingerprint density at radius 2 is 0.500 bits per heavy atom. The van der Waals surface area contributed by atoms with Gasteiger partial charge in [-0.3, -0.25) is 17.8 Å². The molecule has 2 aliphatic carbocycles. The van der Waals surface area contributed by atoms with Crippen LogP contribution in [0.2, 0.25) is 0 Å². The molecule has 2 saturated carbocycles. The van der Waals surface area contributed by atoms with Gasteiger partial charge in [0.05, 0.1) is 0 Å². The molecule has 0 saturated heterocycles. The third kappa shape index (κ3) is 21.1. The van der Waals surface area contributed by atoms with E-state index in [4.69, 9.17) is 19.3 Å². The van der Waals surface area contributed by atoms with Gasteiger partial charge in [0.15, 0.2) is 0 Å². The van der Waals surface area contributed by atoms with E-state index in [1.165, 1.54) is 0 Å². The van der Waals surface area contributed by atoms with Crippen molar-refractivity contribution < 1.29 is 26.2 Å². The molecule has 2 fully saturated rings. The van der Waals surface area contributed by atoms with Crippen LogP contribution in [-0.4, -0.2) is 18.9 Å². The van der Waals surface area contributed by atoms with Gasteiger partial charge in [-0.1, -0.05) is 54.6 Å². The van der Waals surface area contributed by atoms with Gasteiger partial charge < -0.3 is 19.3 Å². The van der Waals surface area contributed by atoms with Crippen LogP contribution in [0.25, 0.3) is 0 Å². The van der Waals surface area contributed by atoms with Crippen LogP contribution in [0, 0.1) is 101 Å². The van der Waals surface area contributed by atoms with Crippen LogP contribution >= 0.6 is 0 Å². The van der Waals surface area contributed by atoms with Gasteiger partial charge in [0.2, 0.25) is 0 Å². The van der Waals surface area contributed by atoms with Gasteiger partial charge in [-0.05, 0) is 64.2 Å². The molecule has 36 heavy (non-hydrogen) atoms. The molecule has 166 valence electrons. The topological polar surface area (TPSA) is 0 Å². The van der Waals surface area contributed by atoms with E-state index in [0.29, 0.717) is 0 Å². The molecular weight excluding hydrogens is 507 g/mol. The molecule has 0 N–H and O–H groups in total. The van der Waals surface area contributed by atoms with Crippen molar-refractivity contribution in [1.82, 2.24) is 0 Å². The summed E-state index contributed by atoms with van der Waals surface area (Å²) in [7, 11) is 0. The minimum absolute atomic E-state index is 0. The van der Waals surface area contributed by atoms with Crippen molar-refractivity contribution in [2.24, 2.45) is 0 Å². The molecule has 0 aliphatic heterocycles. The average molecular weight is 532 g/mol. The van der Waals surface area contributed by atoms with Gasteiger partial charge in [-0.2, -0.15) is 0 Å². The summed E-state index contributed by atoms with van der Waals surface area (Å²) in [5, 5.41) is 0. The fourth-order valence-corrected chi connectivity index (χ4v) is 2.21. The number of hydrogen-bond acceptors (Lipinski definition) is 0.